The van der Waals surface area contributed by atoms with Gasteiger partial charge in [0, 0.05) is 23.6 Å². The van der Waals surface area contributed by atoms with E-state index in [9.17, 15) is 9.18 Å². The van der Waals surface area contributed by atoms with Crippen LogP contribution in [0.25, 0.3) is 10.2 Å². The Kier molecular flexibility index (Phi) is 5.87. The van der Waals surface area contributed by atoms with Crippen LogP contribution in [0.15, 0.2) is 17.1 Å². The number of nitrogens with zero attached hydrogens (tertiary/aromatic N) is 2. The fraction of sp³-hybridized carbons (Fsp3) is 0.438. The van der Waals surface area contributed by atoms with E-state index in [1.54, 1.807) is 6.07 Å². The zero-order valence-corrected chi connectivity index (χ0v) is 15.3. The third kappa shape index (κ3) is 4.28. The molecule has 2 heterocycles. The fourth-order valence-corrected chi connectivity index (χ4v) is 4.39. The van der Waals surface area contributed by atoms with Gasteiger partial charge in [0.1, 0.15) is 5.01 Å². The predicted octanol–water partition coefficient (Wildman–Crippen LogP) is 2.41. The van der Waals surface area contributed by atoms with Crippen LogP contribution in [0.3, 0.4) is 0 Å². The zero-order chi connectivity index (χ0) is 17.8. The van der Waals surface area contributed by atoms with Crippen LogP contribution in [0.1, 0.15) is 11.4 Å². The summed E-state index contributed by atoms with van der Waals surface area (Å²) in [6, 6.07) is 2.26. The number of nitrogens with one attached hydrogen (secondary N) is 1. The van der Waals surface area contributed by atoms with Gasteiger partial charge < -0.3 is 15.2 Å². The van der Waals surface area contributed by atoms with Crippen LogP contribution >= 0.6 is 23.1 Å². The molecule has 1 aromatic carbocycles. The Hall–Kier alpha value is -1.71. The van der Waals surface area contributed by atoms with Crippen molar-refractivity contribution >= 4 is 45.0 Å². The molecule has 1 atom stereocenters. The molecule has 0 aliphatic carbocycles. The van der Waals surface area contributed by atoms with E-state index in [-0.39, 0.29) is 5.75 Å². The molecule has 0 bridgehead atoms. The van der Waals surface area contributed by atoms with Crippen LogP contribution in [-0.4, -0.2) is 59.5 Å². The molecule has 2 N–H and O–H groups in total. The Bertz CT molecular complexity index is 809. The second-order valence-corrected chi connectivity index (χ2v) is 7.58. The first kappa shape index (κ1) is 18.1. The summed E-state index contributed by atoms with van der Waals surface area (Å²) >= 11 is 2.89. The first-order valence-electron chi connectivity index (χ1n) is 7.83. The highest BCUT2D eigenvalue weighted by atomic mass is 32.2. The molecular weight excluding hydrogens is 365 g/mol. The molecule has 0 saturated carbocycles. The Balaban J connectivity index is 1.83. The van der Waals surface area contributed by atoms with Crippen LogP contribution in [0, 0.1) is 5.82 Å². The summed E-state index contributed by atoms with van der Waals surface area (Å²) < 4.78 is 20.5. The largest absolute Gasteiger partial charge is 0.490 e. The van der Waals surface area contributed by atoms with E-state index < -0.39 is 17.8 Å². The van der Waals surface area contributed by atoms with Gasteiger partial charge in [0.25, 0.3) is 0 Å². The monoisotopic (exact) mass is 383 g/mol. The van der Waals surface area contributed by atoms with Crippen molar-refractivity contribution in [3.05, 3.63) is 23.0 Å². The molecule has 0 fully saturated rings. The molecule has 0 radical (unpaired) electrons. The number of aliphatic carboxylic acids is 1. The number of carboxylic acids is 1. The quantitative estimate of drug-likeness (QED) is 0.715. The van der Waals surface area contributed by atoms with Gasteiger partial charge in [-0.15, -0.1) is 11.3 Å². The van der Waals surface area contributed by atoms with Gasteiger partial charge in [0.15, 0.2) is 17.6 Å². The fourth-order valence-electron chi connectivity index (χ4n) is 2.37. The molecule has 134 valence electrons. The molecule has 0 unspecified atom stereocenters. The van der Waals surface area contributed by atoms with Crippen LogP contribution < -0.4 is 10.1 Å². The average Bonchev–Trinajstić information content (AvgIpc) is 3.01. The minimum absolute atomic E-state index is 0.210. The average molecular weight is 383 g/mol. The minimum Gasteiger partial charge on any atom is -0.490 e. The number of ether oxygens (including phenoxy) is 1. The highest BCUT2D eigenvalue weighted by Crippen LogP contribution is 2.31. The topological polar surface area (TPSA) is 83.8 Å². The minimum atomic E-state index is -0.936. The number of carbonyl (C=O) groups is 1. The molecule has 9 heteroatoms. The Morgan fingerprint density at radius 2 is 2.36 bits per heavy atom. The number of thioether (sulfide) groups is 1. The normalized spacial score (nSPS) is 17.5. The predicted molar refractivity (Wildman–Crippen MR) is 98.9 cm³/mol. The van der Waals surface area contributed by atoms with Gasteiger partial charge in [0.2, 0.25) is 0 Å². The van der Waals surface area contributed by atoms with Crippen LogP contribution in [0.4, 0.5) is 4.39 Å². The highest BCUT2D eigenvalue weighted by molar-refractivity contribution is 8.00. The second-order valence-electron chi connectivity index (χ2n) is 5.52. The van der Waals surface area contributed by atoms with Crippen molar-refractivity contribution in [2.75, 3.05) is 31.7 Å². The lowest BCUT2D eigenvalue weighted by molar-refractivity contribution is -0.137. The molecule has 25 heavy (non-hydrogen) atoms. The molecule has 0 saturated heterocycles. The van der Waals surface area contributed by atoms with E-state index in [0.717, 1.165) is 17.7 Å². The van der Waals surface area contributed by atoms with E-state index in [1.807, 2.05) is 7.05 Å². The second kappa shape index (κ2) is 8.11. The third-order valence-electron chi connectivity index (χ3n) is 3.63. The number of carboxylic acid groups (broad SMARTS) is 1. The smallest absolute Gasteiger partial charge is 0.329 e. The van der Waals surface area contributed by atoms with E-state index in [4.69, 9.17) is 9.84 Å². The van der Waals surface area contributed by atoms with Gasteiger partial charge in [-0.25, -0.2) is 14.2 Å². The molecule has 1 aromatic heterocycles. The van der Waals surface area contributed by atoms with Gasteiger partial charge in [-0.2, -0.15) is 11.8 Å². The van der Waals surface area contributed by atoms with E-state index >= 15 is 0 Å². The Labute approximate surface area is 152 Å². The van der Waals surface area contributed by atoms with E-state index in [1.165, 1.54) is 29.2 Å². The third-order valence-corrected chi connectivity index (χ3v) is 5.73. The van der Waals surface area contributed by atoms with Crippen LogP contribution in [0.5, 0.6) is 5.75 Å². The number of benzene rings is 1. The summed E-state index contributed by atoms with van der Waals surface area (Å²) in [5, 5.41) is 12.8. The van der Waals surface area contributed by atoms with Gasteiger partial charge >= 0.3 is 5.97 Å². The molecule has 3 rings (SSSR count). The SMILES string of the molecule is CNCCCOc1cc2sc(C3=N[C@@H](C(=O)O)CSC3)nc2cc1F. The molecule has 1 aliphatic rings. The summed E-state index contributed by atoms with van der Waals surface area (Å²) in [7, 11) is 1.85. The number of hydrogen-bond donors (Lipinski definition) is 2. The highest BCUT2D eigenvalue weighted by Gasteiger charge is 2.24. The first-order valence-corrected chi connectivity index (χ1v) is 9.80. The number of fused-ring (bicyclic) bond motifs is 1. The number of thiazole rings is 1. The van der Waals surface area contributed by atoms with Crippen molar-refractivity contribution in [2.45, 2.75) is 12.5 Å². The standard InChI is InChI=1S/C16H18FN3O3S2/c1-18-3-2-4-23-13-6-14-10(5-9(13)17)20-15(25-14)11-7-24-8-12(19-11)16(21)22/h5-6,12,18H,2-4,7-8H2,1H3,(H,21,22)/t12-/m1/s1. The van der Waals surface area contributed by atoms with Gasteiger partial charge in [0.05, 0.1) is 22.5 Å². The van der Waals surface area contributed by atoms with Crippen molar-refractivity contribution in [2.24, 2.45) is 4.99 Å². The van der Waals surface area contributed by atoms with Crippen molar-refractivity contribution in [1.29, 1.82) is 0 Å². The van der Waals surface area contributed by atoms with Crippen molar-refractivity contribution < 1.29 is 19.0 Å². The molecule has 6 nitrogen and oxygen atoms in total. The number of halogens is 1. The maximum absolute atomic E-state index is 14.2. The molecule has 1 aliphatic heterocycles. The zero-order valence-electron chi connectivity index (χ0n) is 13.6. The van der Waals surface area contributed by atoms with Gasteiger partial charge in [-0.1, -0.05) is 0 Å². The van der Waals surface area contributed by atoms with E-state index in [2.05, 4.69) is 15.3 Å². The van der Waals surface area contributed by atoms with E-state index in [0.29, 0.717) is 34.3 Å². The summed E-state index contributed by atoms with van der Waals surface area (Å²) in [5.41, 5.74) is 1.19. The van der Waals surface area contributed by atoms with Gasteiger partial charge in [-0.3, -0.25) is 4.99 Å². The number of aromatic nitrogens is 1. The summed E-state index contributed by atoms with van der Waals surface area (Å²) in [6.07, 6.45) is 0.784. The molecule has 0 amide bonds. The lowest BCUT2D eigenvalue weighted by Crippen LogP contribution is -2.27. The Morgan fingerprint density at radius 1 is 1.52 bits per heavy atom. The molecule has 0 spiro atoms. The van der Waals surface area contributed by atoms with Crippen molar-refractivity contribution in [1.82, 2.24) is 10.3 Å². The van der Waals surface area contributed by atoms with Crippen LogP contribution in [-0.2, 0) is 4.79 Å². The summed E-state index contributed by atoms with van der Waals surface area (Å²) in [5.74, 6) is -0.101. The van der Waals surface area contributed by atoms with Crippen LogP contribution in [0.2, 0.25) is 0 Å². The molecule has 2 aromatic rings. The lowest BCUT2D eigenvalue weighted by Gasteiger charge is -2.15. The number of aliphatic imine (C=N–C) groups is 1. The summed E-state index contributed by atoms with van der Waals surface area (Å²) in [4.78, 5) is 19.8. The number of hydrogen-bond acceptors (Lipinski definition) is 7. The van der Waals surface area contributed by atoms with Gasteiger partial charge in [-0.05, 0) is 20.0 Å². The first-order chi connectivity index (χ1) is 12.1. The lowest BCUT2D eigenvalue weighted by atomic mass is 10.3. The molecular formula is C16H18FN3O3S2. The van der Waals surface area contributed by atoms with Crippen molar-refractivity contribution in [3.8, 4) is 5.75 Å². The Morgan fingerprint density at radius 3 is 3.12 bits per heavy atom. The maximum atomic E-state index is 14.2. The van der Waals surface area contributed by atoms with Crippen molar-refractivity contribution in [3.63, 3.8) is 0 Å². The maximum Gasteiger partial charge on any atom is 0.329 e. The number of rotatable bonds is 7. The summed E-state index contributed by atoms with van der Waals surface area (Å²) in [6.45, 7) is 1.23.